The van der Waals surface area contributed by atoms with Crippen molar-refractivity contribution in [2.24, 2.45) is 11.1 Å². The van der Waals surface area contributed by atoms with E-state index < -0.39 is 0 Å². The van der Waals surface area contributed by atoms with Crippen molar-refractivity contribution in [1.82, 2.24) is 4.98 Å². The van der Waals surface area contributed by atoms with Crippen molar-refractivity contribution >= 4 is 41.5 Å². The number of fused-ring (bicyclic) bond motifs is 1. The molecule has 128 valence electrons. The molecule has 6 heteroatoms. The summed E-state index contributed by atoms with van der Waals surface area (Å²) in [5, 5.41) is 4.13. The lowest BCUT2D eigenvalue weighted by Crippen LogP contribution is -2.39. The maximum atomic E-state index is 12.1. The predicted octanol–water partition coefficient (Wildman–Crippen LogP) is 3.69. The molecule has 0 radical (unpaired) electrons. The number of pyridine rings is 1. The molecule has 1 aromatic heterocycles. The Kier molecular flexibility index (Phi) is 7.39. The van der Waals surface area contributed by atoms with Gasteiger partial charge in [0.05, 0.1) is 5.52 Å². The number of hydrogen-bond donors (Lipinski definition) is 3. The second kappa shape index (κ2) is 8.57. The predicted molar refractivity (Wildman–Crippen MR) is 102 cm³/mol. The van der Waals surface area contributed by atoms with Gasteiger partial charge in [-0.25, -0.2) is 0 Å². The first-order valence-corrected chi connectivity index (χ1v) is 7.78. The van der Waals surface area contributed by atoms with Crippen molar-refractivity contribution in [3.05, 3.63) is 40.6 Å². The first kappa shape index (κ1) is 19.8. The molecule has 1 heterocycles. The lowest BCUT2D eigenvalue weighted by Gasteiger charge is -2.36. The Morgan fingerprint density at radius 1 is 1.13 bits per heavy atom. The third kappa shape index (κ3) is 4.40. The second-order valence-corrected chi connectivity index (χ2v) is 6.21. The molecule has 0 atom stereocenters. The van der Waals surface area contributed by atoms with Crippen molar-refractivity contribution in [2.75, 3.05) is 18.4 Å². The highest BCUT2D eigenvalue weighted by Gasteiger charge is 2.30. The molecular weight excluding hydrogens is 333 g/mol. The van der Waals surface area contributed by atoms with Crippen LogP contribution >= 0.6 is 24.8 Å². The van der Waals surface area contributed by atoms with Crippen molar-refractivity contribution < 1.29 is 0 Å². The molecule has 23 heavy (non-hydrogen) atoms. The van der Waals surface area contributed by atoms with E-state index in [2.05, 4.69) is 10.3 Å². The Morgan fingerprint density at radius 3 is 2.52 bits per heavy atom. The van der Waals surface area contributed by atoms with Gasteiger partial charge >= 0.3 is 0 Å². The molecule has 3 rings (SSSR count). The van der Waals surface area contributed by atoms with E-state index in [4.69, 9.17) is 5.73 Å². The second-order valence-electron chi connectivity index (χ2n) is 6.21. The summed E-state index contributed by atoms with van der Waals surface area (Å²) in [5.41, 5.74) is 7.12. The van der Waals surface area contributed by atoms with Crippen LogP contribution in [0.4, 0.5) is 5.82 Å². The fraction of sp³-hybridized carbons (Fsp3) is 0.471. The number of aromatic amines is 1. The van der Waals surface area contributed by atoms with E-state index >= 15 is 0 Å². The highest BCUT2D eigenvalue weighted by molar-refractivity contribution is 5.85. The van der Waals surface area contributed by atoms with Gasteiger partial charge in [0.15, 0.2) is 5.43 Å². The van der Waals surface area contributed by atoms with Crippen molar-refractivity contribution in [2.45, 2.75) is 32.1 Å². The zero-order valence-electron chi connectivity index (χ0n) is 13.1. The van der Waals surface area contributed by atoms with Gasteiger partial charge in [-0.2, -0.15) is 0 Å². The first-order chi connectivity index (χ1) is 10.2. The van der Waals surface area contributed by atoms with Gasteiger partial charge in [0.2, 0.25) is 0 Å². The molecule has 0 spiro atoms. The zero-order chi connectivity index (χ0) is 14.7. The Bertz CT molecular complexity index is 681. The number of nitrogens with two attached hydrogens (primary N) is 1. The molecule has 4 nitrogen and oxygen atoms in total. The average molecular weight is 358 g/mol. The van der Waals surface area contributed by atoms with Crippen LogP contribution in [-0.4, -0.2) is 18.1 Å². The van der Waals surface area contributed by atoms with E-state index in [0.29, 0.717) is 6.54 Å². The molecule has 1 aromatic carbocycles. The van der Waals surface area contributed by atoms with Crippen LogP contribution in [0.3, 0.4) is 0 Å². The highest BCUT2D eigenvalue weighted by atomic mass is 35.5. The van der Waals surface area contributed by atoms with Crippen LogP contribution in [0, 0.1) is 5.41 Å². The van der Waals surface area contributed by atoms with Crippen molar-refractivity contribution in [3.8, 4) is 0 Å². The van der Waals surface area contributed by atoms with Gasteiger partial charge in [-0.1, -0.05) is 31.4 Å². The maximum Gasteiger partial charge on any atom is 0.191 e. The fourth-order valence-electron chi connectivity index (χ4n) is 3.33. The Morgan fingerprint density at radius 2 is 1.83 bits per heavy atom. The van der Waals surface area contributed by atoms with Crippen LogP contribution < -0.4 is 16.5 Å². The molecule has 2 aromatic rings. The number of nitrogens with one attached hydrogen (secondary N) is 2. The van der Waals surface area contributed by atoms with Gasteiger partial charge in [0, 0.05) is 18.0 Å². The zero-order valence-corrected chi connectivity index (χ0v) is 14.8. The summed E-state index contributed by atoms with van der Waals surface area (Å²) in [5.74, 6) is 0.789. The maximum absolute atomic E-state index is 12.1. The van der Waals surface area contributed by atoms with Gasteiger partial charge in [-0.05, 0) is 36.9 Å². The topological polar surface area (TPSA) is 70.9 Å². The smallest absolute Gasteiger partial charge is 0.191 e. The third-order valence-corrected chi connectivity index (χ3v) is 4.74. The third-order valence-electron chi connectivity index (χ3n) is 4.74. The quantitative estimate of drug-likeness (QED) is 0.781. The van der Waals surface area contributed by atoms with Crippen LogP contribution in [0.5, 0.6) is 0 Å². The Hall–Kier alpha value is -1.23. The van der Waals surface area contributed by atoms with Crippen LogP contribution in [0.25, 0.3) is 10.9 Å². The summed E-state index contributed by atoms with van der Waals surface area (Å²) in [6.45, 7) is 1.54. The molecule has 1 aliphatic carbocycles. The first-order valence-electron chi connectivity index (χ1n) is 7.78. The van der Waals surface area contributed by atoms with Crippen LogP contribution in [0.15, 0.2) is 35.1 Å². The van der Waals surface area contributed by atoms with Gasteiger partial charge in [0.1, 0.15) is 5.82 Å². The minimum atomic E-state index is 0. The molecule has 4 N–H and O–H groups in total. The number of rotatable bonds is 4. The van der Waals surface area contributed by atoms with Gasteiger partial charge in [-0.15, -0.1) is 24.8 Å². The van der Waals surface area contributed by atoms with Gasteiger partial charge < -0.3 is 16.0 Å². The Balaban J connectivity index is 0.00000132. The molecule has 0 saturated heterocycles. The number of aromatic nitrogens is 1. The van der Waals surface area contributed by atoms with Gasteiger partial charge in [0.25, 0.3) is 0 Å². The van der Waals surface area contributed by atoms with Crippen LogP contribution in [0.1, 0.15) is 32.1 Å². The minimum absolute atomic E-state index is 0. The van der Waals surface area contributed by atoms with Gasteiger partial charge in [-0.3, -0.25) is 4.79 Å². The molecule has 1 aliphatic rings. The molecule has 0 amide bonds. The Labute approximate surface area is 149 Å². The monoisotopic (exact) mass is 357 g/mol. The SMILES string of the molecule is Cl.Cl.NCC1(CNc2cc(=O)c3ccccc3[nH]2)CCCCC1. The number of para-hydroxylation sites is 1. The van der Waals surface area contributed by atoms with E-state index in [1.165, 1.54) is 32.1 Å². The van der Waals surface area contributed by atoms with E-state index in [9.17, 15) is 4.79 Å². The van der Waals surface area contributed by atoms with Crippen molar-refractivity contribution in [3.63, 3.8) is 0 Å². The van der Waals surface area contributed by atoms with E-state index in [0.717, 1.165) is 23.3 Å². The van der Waals surface area contributed by atoms with E-state index in [1.807, 2.05) is 24.3 Å². The van der Waals surface area contributed by atoms with E-state index in [1.54, 1.807) is 6.07 Å². The minimum Gasteiger partial charge on any atom is -0.371 e. The number of halogens is 2. The normalized spacial score (nSPS) is 16.2. The highest BCUT2D eigenvalue weighted by Crippen LogP contribution is 2.35. The number of benzene rings is 1. The fourth-order valence-corrected chi connectivity index (χ4v) is 3.33. The summed E-state index contributed by atoms with van der Waals surface area (Å²) in [4.78, 5) is 15.4. The summed E-state index contributed by atoms with van der Waals surface area (Å²) >= 11 is 0. The number of H-pyrrole nitrogens is 1. The summed E-state index contributed by atoms with van der Waals surface area (Å²) in [7, 11) is 0. The summed E-state index contributed by atoms with van der Waals surface area (Å²) < 4.78 is 0. The summed E-state index contributed by atoms with van der Waals surface area (Å²) in [6, 6.07) is 9.25. The molecule has 1 fully saturated rings. The van der Waals surface area contributed by atoms with Crippen LogP contribution in [0.2, 0.25) is 0 Å². The van der Waals surface area contributed by atoms with Crippen molar-refractivity contribution in [1.29, 1.82) is 0 Å². The molecule has 1 saturated carbocycles. The lowest BCUT2D eigenvalue weighted by molar-refractivity contribution is 0.215. The lowest BCUT2D eigenvalue weighted by atomic mass is 9.74. The molecular formula is C17H25Cl2N3O. The molecule has 0 aliphatic heterocycles. The standard InChI is InChI=1S/C17H23N3O.2ClH/c18-11-17(8-4-1-5-9-17)12-19-16-10-15(21)13-6-2-3-7-14(13)20-16;;/h2-3,6-7,10H,1,4-5,8-9,11-12,18H2,(H2,19,20,21);2*1H. The van der Waals surface area contributed by atoms with E-state index in [-0.39, 0.29) is 35.7 Å². The molecule has 0 bridgehead atoms. The average Bonchev–Trinajstić information content (AvgIpc) is 2.54. The summed E-state index contributed by atoms with van der Waals surface area (Å²) in [6.07, 6.45) is 6.18. The molecule has 0 unspecified atom stereocenters. The number of hydrogen-bond acceptors (Lipinski definition) is 3. The van der Waals surface area contributed by atoms with Crippen LogP contribution in [-0.2, 0) is 0 Å². The number of anilines is 1. The largest absolute Gasteiger partial charge is 0.371 e.